The van der Waals surface area contributed by atoms with Crippen molar-refractivity contribution >= 4 is 29.9 Å². The van der Waals surface area contributed by atoms with Crippen molar-refractivity contribution < 1.29 is 14.0 Å². The Morgan fingerprint density at radius 1 is 1.18 bits per heavy atom. The van der Waals surface area contributed by atoms with E-state index < -0.39 is 0 Å². The van der Waals surface area contributed by atoms with Crippen molar-refractivity contribution in [1.82, 2.24) is 15.8 Å². The lowest BCUT2D eigenvalue weighted by molar-refractivity contribution is 0.174. The fourth-order valence-corrected chi connectivity index (χ4v) is 1.96. The summed E-state index contributed by atoms with van der Waals surface area (Å²) < 4.78 is 15.4. The fraction of sp³-hybridized carbons (Fsp3) is 0.286. The molecular weight excluding hydrogens is 399 g/mol. The third-order valence-corrected chi connectivity index (χ3v) is 3.05. The van der Waals surface area contributed by atoms with E-state index in [1.54, 1.807) is 19.4 Å². The molecule has 0 radical (unpaired) electrons. The average Bonchev–Trinajstić information content (AvgIpc) is 3.18. The second-order valence-corrected chi connectivity index (χ2v) is 4.46. The number of hydrogen-bond acceptors (Lipinski definition) is 5. The first-order valence-electron chi connectivity index (χ1n) is 6.57. The number of guanidine groups is 1. The van der Waals surface area contributed by atoms with Crippen molar-refractivity contribution in [1.29, 1.82) is 0 Å². The third-order valence-electron chi connectivity index (χ3n) is 3.05. The molecule has 22 heavy (non-hydrogen) atoms. The van der Waals surface area contributed by atoms with Crippen molar-refractivity contribution in [2.24, 2.45) is 4.99 Å². The summed E-state index contributed by atoms with van der Waals surface area (Å²) in [5.74, 6) is 2.25. The minimum atomic E-state index is 0. The Balaban J connectivity index is 0.00000176. The number of halogens is 1. The monoisotopic (exact) mass is 416 g/mol. The highest BCUT2D eigenvalue weighted by molar-refractivity contribution is 14.0. The molecule has 2 N–H and O–H groups in total. The van der Waals surface area contributed by atoms with Gasteiger partial charge in [-0.2, -0.15) is 0 Å². The van der Waals surface area contributed by atoms with Crippen LogP contribution in [-0.2, 0) is 13.1 Å². The molecule has 0 atom stereocenters. The number of rotatable bonds is 4. The zero-order valence-corrected chi connectivity index (χ0v) is 14.4. The van der Waals surface area contributed by atoms with Gasteiger partial charge in [-0.3, -0.25) is 4.99 Å². The molecule has 1 aliphatic rings. The zero-order chi connectivity index (χ0) is 14.5. The summed E-state index contributed by atoms with van der Waals surface area (Å²) >= 11 is 0. The highest BCUT2D eigenvalue weighted by Gasteiger charge is 2.13. The molecule has 0 aliphatic carbocycles. The number of benzene rings is 1. The van der Waals surface area contributed by atoms with Gasteiger partial charge in [-0.25, -0.2) is 0 Å². The van der Waals surface area contributed by atoms with E-state index in [0.29, 0.717) is 19.0 Å². The highest BCUT2D eigenvalue weighted by atomic mass is 127. The number of aromatic nitrogens is 1. The quantitative estimate of drug-likeness (QED) is 0.450. The Kier molecular flexibility index (Phi) is 5.87. The molecule has 0 saturated heterocycles. The predicted molar refractivity (Wildman–Crippen MR) is 91.5 cm³/mol. The Bertz CT molecular complexity index is 631. The predicted octanol–water partition coefficient (Wildman–Crippen LogP) is 1.89. The van der Waals surface area contributed by atoms with Crippen LogP contribution in [0.1, 0.15) is 11.3 Å². The van der Waals surface area contributed by atoms with Gasteiger partial charge < -0.3 is 24.6 Å². The molecule has 1 aliphatic heterocycles. The van der Waals surface area contributed by atoms with Gasteiger partial charge in [-0.15, -0.1) is 24.0 Å². The lowest BCUT2D eigenvalue weighted by atomic mass is 10.2. The summed E-state index contributed by atoms with van der Waals surface area (Å²) in [7, 11) is 1.72. The summed E-state index contributed by atoms with van der Waals surface area (Å²) in [6.07, 6.45) is 1.54. The van der Waals surface area contributed by atoms with Crippen LogP contribution in [0, 0.1) is 0 Å². The number of fused-ring (bicyclic) bond motifs is 1. The minimum absolute atomic E-state index is 0. The van der Waals surface area contributed by atoms with Gasteiger partial charge in [0.15, 0.2) is 17.5 Å². The lowest BCUT2D eigenvalue weighted by Gasteiger charge is -2.11. The maximum absolute atomic E-state index is 5.35. The second kappa shape index (κ2) is 7.87. The van der Waals surface area contributed by atoms with Crippen LogP contribution in [0.25, 0.3) is 0 Å². The Labute approximate surface area is 145 Å². The first kappa shape index (κ1) is 16.4. The van der Waals surface area contributed by atoms with E-state index in [9.17, 15) is 0 Å². The molecule has 3 rings (SSSR count). The van der Waals surface area contributed by atoms with Crippen molar-refractivity contribution in [3.63, 3.8) is 0 Å². The summed E-state index contributed by atoms with van der Waals surface area (Å²) in [5.41, 5.74) is 1.91. The van der Waals surface area contributed by atoms with E-state index in [4.69, 9.17) is 14.0 Å². The summed E-state index contributed by atoms with van der Waals surface area (Å²) in [6.45, 7) is 1.47. The van der Waals surface area contributed by atoms with Crippen molar-refractivity contribution in [2.45, 2.75) is 13.1 Å². The van der Waals surface area contributed by atoms with Crippen LogP contribution in [0.5, 0.6) is 11.5 Å². The topological polar surface area (TPSA) is 80.9 Å². The van der Waals surface area contributed by atoms with E-state index in [2.05, 4.69) is 20.8 Å². The van der Waals surface area contributed by atoms with Crippen molar-refractivity contribution in [3.05, 3.63) is 41.8 Å². The van der Waals surface area contributed by atoms with Gasteiger partial charge in [0.25, 0.3) is 0 Å². The average molecular weight is 416 g/mol. The van der Waals surface area contributed by atoms with Gasteiger partial charge >= 0.3 is 0 Å². The highest BCUT2D eigenvalue weighted by Crippen LogP contribution is 2.32. The minimum Gasteiger partial charge on any atom is -0.454 e. The molecule has 2 aromatic rings. The molecule has 0 unspecified atom stereocenters. The largest absolute Gasteiger partial charge is 0.454 e. The van der Waals surface area contributed by atoms with E-state index >= 15 is 0 Å². The molecule has 7 nitrogen and oxygen atoms in total. The molecule has 1 aromatic carbocycles. The molecule has 0 spiro atoms. The van der Waals surface area contributed by atoms with E-state index in [1.807, 2.05) is 18.2 Å². The van der Waals surface area contributed by atoms with E-state index in [0.717, 1.165) is 22.8 Å². The zero-order valence-electron chi connectivity index (χ0n) is 12.0. The molecule has 118 valence electrons. The molecular formula is C14H17IN4O3. The first-order chi connectivity index (χ1) is 10.3. The number of ether oxygens (including phenoxy) is 2. The van der Waals surface area contributed by atoms with Crippen LogP contribution >= 0.6 is 24.0 Å². The molecule has 2 heterocycles. The molecule has 1 aromatic heterocycles. The van der Waals surface area contributed by atoms with E-state index in [-0.39, 0.29) is 30.8 Å². The van der Waals surface area contributed by atoms with E-state index in [1.165, 1.54) is 0 Å². The molecule has 8 heteroatoms. The number of hydrogen-bond donors (Lipinski definition) is 2. The third kappa shape index (κ3) is 4.03. The normalized spacial score (nSPS) is 12.7. The van der Waals surface area contributed by atoms with Crippen LogP contribution in [0.15, 0.2) is 40.0 Å². The Morgan fingerprint density at radius 2 is 2.00 bits per heavy atom. The van der Waals surface area contributed by atoms with Crippen LogP contribution < -0.4 is 20.1 Å². The van der Waals surface area contributed by atoms with Gasteiger partial charge in [-0.05, 0) is 17.7 Å². The molecule has 0 bridgehead atoms. The van der Waals surface area contributed by atoms with Crippen LogP contribution in [0.4, 0.5) is 0 Å². The summed E-state index contributed by atoms with van der Waals surface area (Å²) in [5, 5.41) is 10.2. The fourth-order valence-electron chi connectivity index (χ4n) is 1.96. The van der Waals surface area contributed by atoms with Gasteiger partial charge in [0.05, 0.1) is 6.54 Å². The van der Waals surface area contributed by atoms with Crippen LogP contribution in [0.3, 0.4) is 0 Å². The number of nitrogens with zero attached hydrogens (tertiary/aromatic N) is 2. The van der Waals surface area contributed by atoms with Gasteiger partial charge in [0.1, 0.15) is 12.0 Å². The smallest absolute Gasteiger partial charge is 0.231 e. The van der Waals surface area contributed by atoms with Gasteiger partial charge in [-0.1, -0.05) is 11.2 Å². The maximum atomic E-state index is 5.35. The Morgan fingerprint density at radius 3 is 2.77 bits per heavy atom. The molecule has 0 fully saturated rings. The first-order valence-corrected chi connectivity index (χ1v) is 6.57. The standard InChI is InChI=1S/C14H16N4O3.HI/c1-15-14(17-8-11-4-5-21-18-11)16-7-10-2-3-12-13(6-10)20-9-19-12;/h2-6H,7-9H2,1H3,(H2,15,16,17);1H. The SMILES string of the molecule is CN=C(NCc1ccc2c(c1)OCO2)NCc1ccon1.I. The molecule has 0 saturated carbocycles. The maximum Gasteiger partial charge on any atom is 0.231 e. The van der Waals surface area contributed by atoms with Crippen LogP contribution in [0.2, 0.25) is 0 Å². The lowest BCUT2D eigenvalue weighted by Crippen LogP contribution is -2.36. The summed E-state index contributed by atoms with van der Waals surface area (Å²) in [6, 6.07) is 7.66. The van der Waals surface area contributed by atoms with Crippen molar-refractivity contribution in [2.75, 3.05) is 13.8 Å². The van der Waals surface area contributed by atoms with Crippen molar-refractivity contribution in [3.8, 4) is 11.5 Å². The van der Waals surface area contributed by atoms with Crippen LogP contribution in [-0.4, -0.2) is 25.0 Å². The van der Waals surface area contributed by atoms with Gasteiger partial charge in [0.2, 0.25) is 6.79 Å². The van der Waals surface area contributed by atoms with Gasteiger partial charge in [0, 0.05) is 19.7 Å². The number of nitrogens with one attached hydrogen (secondary N) is 2. The number of aliphatic imine (C=N–C) groups is 1. The molecule has 0 amide bonds. The second-order valence-electron chi connectivity index (χ2n) is 4.46. The Hall–Kier alpha value is -1.97. The summed E-state index contributed by atoms with van der Waals surface area (Å²) in [4.78, 5) is 4.16.